The Morgan fingerprint density at radius 1 is 1.26 bits per heavy atom. The van der Waals surface area contributed by atoms with Crippen LogP contribution in [-0.2, 0) is 25.4 Å². The van der Waals surface area contributed by atoms with Crippen molar-refractivity contribution < 1.29 is 26.7 Å². The quantitative estimate of drug-likeness (QED) is 0.387. The van der Waals surface area contributed by atoms with Gasteiger partial charge in [-0.1, -0.05) is 23.9 Å². The first kappa shape index (κ1) is 25.0. The van der Waals surface area contributed by atoms with Crippen LogP contribution < -0.4 is 10.0 Å². The average Bonchev–Trinajstić information content (AvgIpc) is 3.07. The van der Waals surface area contributed by atoms with Crippen LogP contribution in [0.25, 0.3) is 0 Å². The molecule has 186 valence electrons. The predicted molar refractivity (Wildman–Crippen MR) is 125 cm³/mol. The lowest BCUT2D eigenvalue weighted by molar-refractivity contribution is -0.139. The van der Waals surface area contributed by atoms with Crippen molar-refractivity contribution in [3.63, 3.8) is 0 Å². The summed E-state index contributed by atoms with van der Waals surface area (Å²) in [6.45, 7) is 6.83. The molecule has 1 aromatic carbocycles. The van der Waals surface area contributed by atoms with Gasteiger partial charge in [0.2, 0.25) is 0 Å². The summed E-state index contributed by atoms with van der Waals surface area (Å²) in [6.07, 6.45) is 0.554. The zero-order valence-corrected chi connectivity index (χ0v) is 20.7. The molecule has 13 heteroatoms. The molecular formula is C21H27F2N5O4S2. The van der Waals surface area contributed by atoms with Gasteiger partial charge in [0.15, 0.2) is 22.6 Å². The number of nitrogens with one attached hydrogen (secondary N) is 2. The molecule has 0 bridgehead atoms. The largest absolute Gasteiger partial charge is 0.365 e. The van der Waals surface area contributed by atoms with E-state index in [1.165, 1.54) is 22.5 Å². The number of nitrogens with zero attached hydrogens (tertiary/aromatic N) is 3. The van der Waals surface area contributed by atoms with Crippen molar-refractivity contribution >= 4 is 33.6 Å². The minimum atomic E-state index is -3.75. The first-order valence-corrected chi connectivity index (χ1v) is 13.3. The molecule has 2 N–H and O–H groups in total. The summed E-state index contributed by atoms with van der Waals surface area (Å²) < 4.78 is 68.0. The molecule has 2 aromatic rings. The van der Waals surface area contributed by atoms with Crippen molar-refractivity contribution in [1.29, 1.82) is 0 Å². The van der Waals surface area contributed by atoms with E-state index in [2.05, 4.69) is 20.0 Å². The Labute approximate surface area is 201 Å². The van der Waals surface area contributed by atoms with Gasteiger partial charge in [-0.15, -0.1) is 0 Å². The van der Waals surface area contributed by atoms with Gasteiger partial charge in [-0.05, 0) is 33.3 Å². The van der Waals surface area contributed by atoms with Crippen LogP contribution in [0.15, 0.2) is 29.4 Å². The van der Waals surface area contributed by atoms with Gasteiger partial charge in [0, 0.05) is 30.5 Å². The van der Waals surface area contributed by atoms with Crippen molar-refractivity contribution in [3.05, 3.63) is 41.5 Å². The normalized spacial score (nSPS) is 21.1. The fourth-order valence-electron chi connectivity index (χ4n) is 3.43. The summed E-state index contributed by atoms with van der Waals surface area (Å²) in [5.74, 6) is -2.07. The number of benzene rings is 1. The molecule has 0 aliphatic carbocycles. The zero-order chi connectivity index (χ0) is 24.5. The highest BCUT2D eigenvalue weighted by atomic mass is 32.2. The summed E-state index contributed by atoms with van der Waals surface area (Å²) >= 11 is 1.06. The third-order valence-corrected chi connectivity index (χ3v) is 7.85. The SMILES string of the molecule is CC(Nc1cc(NS(=O)(=O)N2CCC2)nc(SCc2cccc(F)c2F)n1)C1COC(C)(C)O1. The fraction of sp³-hybridized carbons (Fsp3) is 0.524. The van der Waals surface area contributed by atoms with Crippen molar-refractivity contribution in [2.45, 2.75) is 56.0 Å². The number of ether oxygens (including phenoxy) is 2. The second-order valence-corrected chi connectivity index (χ2v) is 11.2. The molecule has 9 nitrogen and oxygen atoms in total. The molecule has 0 saturated carbocycles. The van der Waals surface area contributed by atoms with Crippen LogP contribution in [0.1, 0.15) is 32.8 Å². The number of thioether (sulfide) groups is 1. The highest BCUT2D eigenvalue weighted by Gasteiger charge is 2.36. The Hall–Kier alpha value is -2.06. The van der Waals surface area contributed by atoms with Crippen LogP contribution in [-0.4, -0.2) is 60.3 Å². The molecule has 0 amide bonds. The van der Waals surface area contributed by atoms with E-state index in [9.17, 15) is 17.2 Å². The Kier molecular flexibility index (Phi) is 7.29. The first-order chi connectivity index (χ1) is 16.0. The van der Waals surface area contributed by atoms with Gasteiger partial charge in [-0.3, -0.25) is 4.72 Å². The molecule has 2 aliphatic rings. The standard InChI is InChI=1S/C21H27F2N5O4S2/c1-13(16-11-31-21(2,3)32-16)24-17-10-18(27-34(29,30)28-8-5-9-28)26-20(25-17)33-12-14-6-4-7-15(22)19(14)23/h4,6-7,10,13,16H,5,8-9,11-12H2,1-3H3,(H2,24,25,26,27). The van der Waals surface area contributed by atoms with Gasteiger partial charge < -0.3 is 14.8 Å². The molecular weight excluding hydrogens is 488 g/mol. The Bertz CT molecular complexity index is 1150. The van der Waals surface area contributed by atoms with Crippen molar-refractivity contribution in [2.75, 3.05) is 29.7 Å². The van der Waals surface area contributed by atoms with E-state index in [1.807, 2.05) is 20.8 Å². The lowest BCUT2D eigenvalue weighted by atomic mass is 10.2. The molecule has 34 heavy (non-hydrogen) atoms. The predicted octanol–water partition coefficient (Wildman–Crippen LogP) is 3.36. The summed E-state index contributed by atoms with van der Waals surface area (Å²) in [4.78, 5) is 8.71. The van der Waals surface area contributed by atoms with E-state index in [4.69, 9.17) is 9.47 Å². The maximum Gasteiger partial charge on any atom is 0.302 e. The van der Waals surface area contributed by atoms with E-state index in [-0.39, 0.29) is 34.4 Å². The number of aromatic nitrogens is 2. The molecule has 3 heterocycles. The van der Waals surface area contributed by atoms with Crippen LogP contribution >= 0.6 is 11.8 Å². The minimum absolute atomic E-state index is 0.0642. The number of hydrogen-bond donors (Lipinski definition) is 2. The van der Waals surface area contributed by atoms with Gasteiger partial charge >= 0.3 is 10.2 Å². The molecule has 2 aliphatic heterocycles. The third-order valence-electron chi connectivity index (χ3n) is 5.45. The number of halogens is 2. The minimum Gasteiger partial charge on any atom is -0.365 e. The molecule has 2 atom stereocenters. The van der Waals surface area contributed by atoms with Crippen LogP contribution in [0.2, 0.25) is 0 Å². The van der Waals surface area contributed by atoms with E-state index < -0.39 is 27.6 Å². The topological polar surface area (TPSA) is 106 Å². The fourth-order valence-corrected chi connectivity index (χ4v) is 5.50. The molecule has 2 saturated heterocycles. The van der Waals surface area contributed by atoms with Gasteiger partial charge in [0.1, 0.15) is 17.7 Å². The molecule has 2 fully saturated rings. The molecule has 4 rings (SSSR count). The van der Waals surface area contributed by atoms with Gasteiger partial charge in [0.05, 0.1) is 12.6 Å². The van der Waals surface area contributed by atoms with Crippen LogP contribution in [0.3, 0.4) is 0 Å². The smallest absolute Gasteiger partial charge is 0.302 e. The van der Waals surface area contributed by atoms with E-state index in [0.717, 1.165) is 24.2 Å². The number of rotatable bonds is 9. The van der Waals surface area contributed by atoms with Gasteiger partial charge in [-0.25, -0.2) is 18.7 Å². The molecule has 0 spiro atoms. The second kappa shape index (κ2) is 9.90. The lowest BCUT2D eigenvalue weighted by Crippen LogP contribution is -2.45. The van der Waals surface area contributed by atoms with Crippen molar-refractivity contribution in [3.8, 4) is 0 Å². The molecule has 0 radical (unpaired) electrons. The highest BCUT2D eigenvalue weighted by Crippen LogP contribution is 2.28. The summed E-state index contributed by atoms with van der Waals surface area (Å²) in [5, 5.41) is 3.41. The summed E-state index contributed by atoms with van der Waals surface area (Å²) in [5.41, 5.74) is 0.154. The van der Waals surface area contributed by atoms with Gasteiger partial charge in [-0.2, -0.15) is 12.7 Å². The highest BCUT2D eigenvalue weighted by molar-refractivity contribution is 7.98. The van der Waals surface area contributed by atoms with Crippen molar-refractivity contribution in [1.82, 2.24) is 14.3 Å². The van der Waals surface area contributed by atoms with E-state index in [0.29, 0.717) is 25.5 Å². The lowest BCUT2D eigenvalue weighted by Gasteiger charge is -2.29. The van der Waals surface area contributed by atoms with Crippen LogP contribution in [0.4, 0.5) is 20.4 Å². The summed E-state index contributed by atoms with van der Waals surface area (Å²) in [7, 11) is -3.75. The van der Waals surface area contributed by atoms with E-state index >= 15 is 0 Å². The van der Waals surface area contributed by atoms with Crippen LogP contribution in [0, 0.1) is 11.6 Å². The first-order valence-electron chi connectivity index (χ1n) is 10.8. The number of hydrogen-bond acceptors (Lipinski definition) is 8. The zero-order valence-electron chi connectivity index (χ0n) is 19.0. The second-order valence-electron chi connectivity index (χ2n) is 8.58. The third kappa shape index (κ3) is 5.95. The molecule has 1 aromatic heterocycles. The van der Waals surface area contributed by atoms with E-state index in [1.54, 1.807) is 0 Å². The monoisotopic (exact) mass is 515 g/mol. The Morgan fingerprint density at radius 3 is 2.65 bits per heavy atom. The van der Waals surface area contributed by atoms with Crippen molar-refractivity contribution in [2.24, 2.45) is 0 Å². The maximum absolute atomic E-state index is 14.1. The Balaban J connectivity index is 1.54. The van der Waals surface area contributed by atoms with Crippen LogP contribution in [0.5, 0.6) is 0 Å². The van der Waals surface area contributed by atoms with Gasteiger partial charge in [0.25, 0.3) is 0 Å². The summed E-state index contributed by atoms with van der Waals surface area (Å²) in [6, 6.07) is 5.22. The Morgan fingerprint density at radius 2 is 2.00 bits per heavy atom. The average molecular weight is 516 g/mol. The maximum atomic E-state index is 14.1. The molecule has 2 unspecified atom stereocenters. The number of anilines is 2.